The number of hydrazone groups is 1. The molecule has 1 aromatic heterocycles. The SMILES string of the molecule is Cc1cc(C)nc(N2N=C(C(F)(F)F)C[C@@]2(O)C(F)(F)F)n1. The molecule has 0 unspecified atom stereocenters. The van der Waals surface area contributed by atoms with E-state index in [0.29, 0.717) is 0 Å². The molecular formula is C11H10F6N4O. The van der Waals surface area contributed by atoms with Crippen LogP contribution in [0.25, 0.3) is 0 Å². The molecule has 1 atom stereocenters. The van der Waals surface area contributed by atoms with Crippen molar-refractivity contribution < 1.29 is 31.4 Å². The summed E-state index contributed by atoms with van der Waals surface area (Å²) in [6, 6.07) is 1.42. The summed E-state index contributed by atoms with van der Waals surface area (Å²) in [4.78, 5) is 7.24. The van der Waals surface area contributed by atoms with Gasteiger partial charge in [-0.05, 0) is 19.9 Å². The summed E-state index contributed by atoms with van der Waals surface area (Å²) < 4.78 is 77.2. The van der Waals surface area contributed by atoms with E-state index in [-0.39, 0.29) is 16.4 Å². The third kappa shape index (κ3) is 2.72. The zero-order valence-electron chi connectivity index (χ0n) is 11.3. The van der Waals surface area contributed by atoms with Crippen LogP contribution in [-0.2, 0) is 0 Å². The van der Waals surface area contributed by atoms with Gasteiger partial charge in [0.1, 0.15) is 5.71 Å². The average molecular weight is 328 g/mol. The molecule has 0 radical (unpaired) electrons. The number of nitrogens with zero attached hydrogens (tertiary/aromatic N) is 4. The first-order valence-corrected chi connectivity index (χ1v) is 5.91. The summed E-state index contributed by atoms with van der Waals surface area (Å²) in [5, 5.41) is 12.4. The van der Waals surface area contributed by atoms with Crippen molar-refractivity contribution in [3.05, 3.63) is 17.5 Å². The molecule has 122 valence electrons. The molecule has 5 nitrogen and oxygen atoms in total. The summed E-state index contributed by atoms with van der Waals surface area (Å²) in [6.07, 6.45) is -12.2. The van der Waals surface area contributed by atoms with Crippen molar-refractivity contribution in [3.8, 4) is 0 Å². The third-order valence-corrected chi connectivity index (χ3v) is 2.93. The van der Waals surface area contributed by atoms with Crippen LogP contribution < -0.4 is 5.01 Å². The van der Waals surface area contributed by atoms with Gasteiger partial charge < -0.3 is 5.11 Å². The van der Waals surface area contributed by atoms with Crippen LogP contribution in [0, 0.1) is 13.8 Å². The molecule has 0 amide bonds. The molecule has 1 N–H and O–H groups in total. The Morgan fingerprint density at radius 1 is 1.09 bits per heavy atom. The van der Waals surface area contributed by atoms with Crippen LogP contribution in [0.1, 0.15) is 17.8 Å². The minimum Gasteiger partial charge on any atom is -0.362 e. The van der Waals surface area contributed by atoms with Crippen molar-refractivity contribution >= 4 is 11.7 Å². The molecule has 22 heavy (non-hydrogen) atoms. The van der Waals surface area contributed by atoms with Gasteiger partial charge >= 0.3 is 12.4 Å². The van der Waals surface area contributed by atoms with Crippen LogP contribution in [0.4, 0.5) is 32.3 Å². The largest absolute Gasteiger partial charge is 0.438 e. The smallest absolute Gasteiger partial charge is 0.362 e. The minimum atomic E-state index is -5.38. The van der Waals surface area contributed by atoms with E-state index in [1.807, 2.05) is 0 Å². The highest BCUT2D eigenvalue weighted by atomic mass is 19.4. The van der Waals surface area contributed by atoms with E-state index in [2.05, 4.69) is 15.1 Å². The van der Waals surface area contributed by atoms with Crippen molar-refractivity contribution in [3.63, 3.8) is 0 Å². The topological polar surface area (TPSA) is 61.6 Å². The second-order valence-electron chi connectivity index (χ2n) is 4.80. The van der Waals surface area contributed by atoms with Crippen LogP contribution >= 0.6 is 0 Å². The van der Waals surface area contributed by atoms with Crippen molar-refractivity contribution in [2.24, 2.45) is 5.10 Å². The summed E-state index contributed by atoms with van der Waals surface area (Å²) >= 11 is 0. The number of alkyl halides is 6. The van der Waals surface area contributed by atoms with E-state index < -0.39 is 36.2 Å². The van der Waals surface area contributed by atoms with Crippen LogP contribution in [0.5, 0.6) is 0 Å². The number of hydrogen-bond donors (Lipinski definition) is 1. The number of aromatic nitrogens is 2. The highest BCUT2D eigenvalue weighted by molar-refractivity contribution is 5.93. The van der Waals surface area contributed by atoms with E-state index >= 15 is 0 Å². The number of halogens is 6. The van der Waals surface area contributed by atoms with Gasteiger partial charge in [-0.3, -0.25) is 0 Å². The maximum absolute atomic E-state index is 13.1. The predicted molar refractivity (Wildman–Crippen MR) is 63.1 cm³/mol. The molecule has 1 aromatic rings. The van der Waals surface area contributed by atoms with Crippen molar-refractivity contribution in [1.29, 1.82) is 0 Å². The van der Waals surface area contributed by atoms with E-state index in [1.165, 1.54) is 19.9 Å². The molecular weight excluding hydrogens is 318 g/mol. The Labute approximate surface area is 120 Å². The van der Waals surface area contributed by atoms with Gasteiger partial charge in [0.2, 0.25) is 5.95 Å². The second-order valence-corrected chi connectivity index (χ2v) is 4.80. The van der Waals surface area contributed by atoms with E-state index in [4.69, 9.17) is 0 Å². The lowest BCUT2D eigenvalue weighted by atomic mass is 10.1. The molecule has 0 saturated carbocycles. The van der Waals surface area contributed by atoms with Gasteiger partial charge in [-0.2, -0.15) is 36.5 Å². The fourth-order valence-corrected chi connectivity index (χ4v) is 1.94. The van der Waals surface area contributed by atoms with Gasteiger partial charge in [-0.1, -0.05) is 0 Å². The summed E-state index contributed by atoms with van der Waals surface area (Å²) in [5.74, 6) is -0.753. The van der Waals surface area contributed by atoms with E-state index in [1.54, 1.807) is 0 Å². The van der Waals surface area contributed by atoms with Crippen LogP contribution in [0.2, 0.25) is 0 Å². The maximum atomic E-state index is 13.1. The maximum Gasteiger partial charge on any atom is 0.438 e. The van der Waals surface area contributed by atoms with E-state index in [0.717, 1.165) is 0 Å². The monoisotopic (exact) mass is 328 g/mol. The zero-order chi connectivity index (χ0) is 16.9. The fourth-order valence-electron chi connectivity index (χ4n) is 1.94. The van der Waals surface area contributed by atoms with Gasteiger partial charge in [0.25, 0.3) is 5.72 Å². The molecule has 2 rings (SSSR count). The van der Waals surface area contributed by atoms with Crippen molar-refractivity contribution in [2.45, 2.75) is 38.3 Å². The predicted octanol–water partition coefficient (Wildman–Crippen LogP) is 2.47. The first kappa shape index (κ1) is 16.5. The lowest BCUT2D eigenvalue weighted by molar-refractivity contribution is -0.255. The Morgan fingerprint density at radius 2 is 1.59 bits per heavy atom. The van der Waals surface area contributed by atoms with E-state index in [9.17, 15) is 31.4 Å². The van der Waals surface area contributed by atoms with Gasteiger partial charge in [-0.25, -0.2) is 9.97 Å². The zero-order valence-corrected chi connectivity index (χ0v) is 11.3. The highest BCUT2D eigenvalue weighted by Gasteiger charge is 2.65. The minimum absolute atomic E-state index is 0.225. The Balaban J connectivity index is 2.59. The molecule has 0 aliphatic carbocycles. The molecule has 11 heteroatoms. The first-order chi connectivity index (χ1) is 9.84. The van der Waals surface area contributed by atoms with Gasteiger partial charge in [-0.15, -0.1) is 0 Å². The summed E-state index contributed by atoms with van der Waals surface area (Å²) in [6.45, 7) is 2.85. The summed E-state index contributed by atoms with van der Waals surface area (Å²) in [5.41, 5.74) is -5.15. The normalized spacial score (nSPS) is 23.0. The molecule has 1 aliphatic heterocycles. The van der Waals surface area contributed by atoms with Crippen LogP contribution in [0.15, 0.2) is 11.2 Å². The fraction of sp³-hybridized carbons (Fsp3) is 0.545. The third-order valence-electron chi connectivity index (χ3n) is 2.93. The Morgan fingerprint density at radius 3 is 2.00 bits per heavy atom. The van der Waals surface area contributed by atoms with Crippen LogP contribution in [-0.4, -0.2) is 38.9 Å². The standard InChI is InChI=1S/C11H10F6N4O/c1-5-3-6(2)19-8(18-5)21-9(22,11(15,16)17)4-7(20-21)10(12,13)14/h3,22H,4H2,1-2H3/t9-/m1/s1. The lowest BCUT2D eigenvalue weighted by Crippen LogP contribution is -2.55. The number of aryl methyl sites for hydroxylation is 2. The average Bonchev–Trinajstić information content (AvgIpc) is 2.66. The van der Waals surface area contributed by atoms with Crippen molar-refractivity contribution in [1.82, 2.24) is 9.97 Å². The number of aliphatic hydroxyl groups is 1. The number of hydrogen-bond acceptors (Lipinski definition) is 5. The first-order valence-electron chi connectivity index (χ1n) is 5.91. The Hall–Kier alpha value is -1.91. The molecule has 2 heterocycles. The lowest BCUT2D eigenvalue weighted by Gasteiger charge is -2.32. The molecule has 0 bridgehead atoms. The summed E-state index contributed by atoms with van der Waals surface area (Å²) in [7, 11) is 0. The molecule has 0 spiro atoms. The Kier molecular flexibility index (Phi) is 3.59. The molecule has 1 aliphatic rings. The van der Waals surface area contributed by atoms with Gasteiger partial charge in [0, 0.05) is 11.4 Å². The molecule has 0 saturated heterocycles. The second kappa shape index (κ2) is 4.80. The van der Waals surface area contributed by atoms with Crippen LogP contribution in [0.3, 0.4) is 0 Å². The van der Waals surface area contributed by atoms with Gasteiger partial charge in [0.05, 0.1) is 6.42 Å². The number of rotatable bonds is 1. The Bertz CT molecular complexity index is 606. The number of anilines is 1. The molecule has 0 aromatic carbocycles. The quantitative estimate of drug-likeness (QED) is 0.805. The van der Waals surface area contributed by atoms with Gasteiger partial charge in [0.15, 0.2) is 0 Å². The van der Waals surface area contributed by atoms with Crippen molar-refractivity contribution in [2.75, 3.05) is 5.01 Å². The highest BCUT2D eigenvalue weighted by Crippen LogP contribution is 2.44. The molecule has 0 fully saturated rings.